The Morgan fingerprint density at radius 3 is 2.44 bits per heavy atom. The fourth-order valence-corrected chi connectivity index (χ4v) is 1.92. The molecule has 3 nitrogen and oxygen atoms in total. The van der Waals surface area contributed by atoms with Gasteiger partial charge in [-0.2, -0.15) is 0 Å². The lowest BCUT2D eigenvalue weighted by Crippen LogP contribution is -2.11. The van der Waals surface area contributed by atoms with Gasteiger partial charge in [0.1, 0.15) is 0 Å². The maximum absolute atomic E-state index is 5.60. The van der Waals surface area contributed by atoms with Crippen molar-refractivity contribution < 1.29 is 4.42 Å². The predicted molar refractivity (Wildman–Crippen MR) is 74.9 cm³/mol. The molecule has 3 heteroatoms. The number of oxazole rings is 1. The van der Waals surface area contributed by atoms with Gasteiger partial charge in [-0.25, -0.2) is 4.98 Å². The molecular weight excluding hydrogens is 224 g/mol. The van der Waals surface area contributed by atoms with E-state index in [1.165, 1.54) is 11.1 Å². The highest BCUT2D eigenvalue weighted by Crippen LogP contribution is 2.30. The Kier molecular flexibility index (Phi) is 3.16. The standard InChI is InChI=1S/C15H20N2O/c1-10-8-11(15(2,3)4)6-7-12(10)13-9-17-14(16-5)18-13/h6-9H,1-5H3,(H,16,17). The lowest BCUT2D eigenvalue weighted by molar-refractivity contribution is 0.584. The van der Waals surface area contributed by atoms with Crippen LogP contribution in [0.4, 0.5) is 6.01 Å². The third kappa shape index (κ3) is 2.40. The number of nitrogens with one attached hydrogen (secondary N) is 1. The van der Waals surface area contributed by atoms with Gasteiger partial charge in [-0.1, -0.05) is 39.0 Å². The molecule has 0 spiro atoms. The number of anilines is 1. The molecule has 0 atom stereocenters. The fraction of sp³-hybridized carbons (Fsp3) is 0.400. The summed E-state index contributed by atoms with van der Waals surface area (Å²) >= 11 is 0. The van der Waals surface area contributed by atoms with E-state index in [2.05, 4.69) is 56.2 Å². The minimum absolute atomic E-state index is 0.167. The van der Waals surface area contributed by atoms with E-state index in [0.717, 1.165) is 11.3 Å². The third-order valence-electron chi connectivity index (χ3n) is 3.08. The second kappa shape index (κ2) is 4.48. The van der Waals surface area contributed by atoms with E-state index < -0.39 is 0 Å². The number of nitrogens with zero attached hydrogens (tertiary/aromatic N) is 1. The van der Waals surface area contributed by atoms with Crippen molar-refractivity contribution in [3.8, 4) is 11.3 Å². The summed E-state index contributed by atoms with van der Waals surface area (Å²) in [6, 6.07) is 7.03. The molecular formula is C15H20N2O. The van der Waals surface area contributed by atoms with Gasteiger partial charge in [0.15, 0.2) is 5.76 Å². The van der Waals surface area contributed by atoms with Gasteiger partial charge in [-0.05, 0) is 23.5 Å². The maximum atomic E-state index is 5.60. The fourth-order valence-electron chi connectivity index (χ4n) is 1.92. The Morgan fingerprint density at radius 1 is 1.22 bits per heavy atom. The van der Waals surface area contributed by atoms with Gasteiger partial charge in [0.25, 0.3) is 6.01 Å². The van der Waals surface area contributed by atoms with Crippen molar-refractivity contribution in [3.05, 3.63) is 35.5 Å². The summed E-state index contributed by atoms with van der Waals surface area (Å²) < 4.78 is 5.60. The summed E-state index contributed by atoms with van der Waals surface area (Å²) in [5, 5.41) is 2.89. The van der Waals surface area contributed by atoms with Crippen molar-refractivity contribution in [1.82, 2.24) is 4.98 Å². The molecule has 18 heavy (non-hydrogen) atoms. The number of aryl methyl sites for hydroxylation is 1. The Hall–Kier alpha value is -1.77. The van der Waals surface area contributed by atoms with Crippen LogP contribution >= 0.6 is 0 Å². The monoisotopic (exact) mass is 244 g/mol. The summed E-state index contributed by atoms with van der Waals surface area (Å²) in [5.41, 5.74) is 3.80. The minimum atomic E-state index is 0.167. The van der Waals surface area contributed by atoms with E-state index in [0.29, 0.717) is 6.01 Å². The lowest BCUT2D eigenvalue weighted by Gasteiger charge is -2.20. The van der Waals surface area contributed by atoms with E-state index in [1.54, 1.807) is 13.2 Å². The molecule has 1 aromatic heterocycles. The number of rotatable bonds is 2. The zero-order valence-corrected chi connectivity index (χ0v) is 11.7. The molecule has 0 aliphatic carbocycles. The minimum Gasteiger partial charge on any atom is -0.424 e. The Morgan fingerprint density at radius 2 is 1.94 bits per heavy atom. The normalized spacial score (nSPS) is 11.6. The number of hydrogen-bond donors (Lipinski definition) is 1. The van der Waals surface area contributed by atoms with Crippen LogP contribution in [0.3, 0.4) is 0 Å². The van der Waals surface area contributed by atoms with Gasteiger partial charge in [0, 0.05) is 12.6 Å². The van der Waals surface area contributed by atoms with Crippen molar-refractivity contribution >= 4 is 6.01 Å². The molecule has 0 amide bonds. The molecule has 0 radical (unpaired) electrons. The first-order valence-electron chi connectivity index (χ1n) is 6.17. The van der Waals surface area contributed by atoms with Crippen LogP contribution in [0, 0.1) is 6.92 Å². The van der Waals surface area contributed by atoms with Gasteiger partial charge in [0.2, 0.25) is 0 Å². The van der Waals surface area contributed by atoms with Gasteiger partial charge >= 0.3 is 0 Å². The average Bonchev–Trinajstić information content (AvgIpc) is 2.76. The molecule has 0 unspecified atom stereocenters. The maximum Gasteiger partial charge on any atom is 0.294 e. The van der Waals surface area contributed by atoms with Gasteiger partial charge in [0.05, 0.1) is 6.20 Å². The molecule has 0 aliphatic heterocycles. The van der Waals surface area contributed by atoms with E-state index in [1.807, 2.05) is 0 Å². The first-order chi connectivity index (χ1) is 8.41. The SMILES string of the molecule is CNc1ncc(-c2ccc(C(C)(C)C)cc2C)o1. The molecule has 2 rings (SSSR count). The number of aromatic nitrogens is 1. The second-order valence-electron chi connectivity index (χ2n) is 5.56. The van der Waals surface area contributed by atoms with Crippen LogP contribution in [-0.2, 0) is 5.41 Å². The summed E-state index contributed by atoms with van der Waals surface area (Å²) in [5.74, 6) is 0.803. The first-order valence-corrected chi connectivity index (χ1v) is 6.17. The number of hydrogen-bond acceptors (Lipinski definition) is 3. The van der Waals surface area contributed by atoms with Gasteiger partial charge in [-0.15, -0.1) is 0 Å². The topological polar surface area (TPSA) is 38.1 Å². The first kappa shape index (κ1) is 12.7. The summed E-state index contributed by atoms with van der Waals surface area (Å²) in [4.78, 5) is 4.15. The van der Waals surface area contributed by atoms with Crippen molar-refractivity contribution in [1.29, 1.82) is 0 Å². The summed E-state index contributed by atoms with van der Waals surface area (Å²) in [6.07, 6.45) is 1.75. The largest absolute Gasteiger partial charge is 0.424 e. The van der Waals surface area contributed by atoms with Gasteiger partial charge < -0.3 is 9.73 Å². The zero-order chi connectivity index (χ0) is 13.3. The highest BCUT2D eigenvalue weighted by molar-refractivity contribution is 5.63. The average molecular weight is 244 g/mol. The molecule has 0 saturated heterocycles. The lowest BCUT2D eigenvalue weighted by atomic mass is 9.85. The van der Waals surface area contributed by atoms with Crippen molar-refractivity contribution in [2.75, 3.05) is 12.4 Å². The van der Waals surface area contributed by atoms with Gasteiger partial charge in [-0.3, -0.25) is 0 Å². The molecule has 0 fully saturated rings. The molecule has 1 N–H and O–H groups in total. The molecule has 0 aliphatic rings. The highest BCUT2D eigenvalue weighted by atomic mass is 16.4. The molecule has 0 bridgehead atoms. The summed E-state index contributed by atoms with van der Waals surface area (Å²) in [6.45, 7) is 8.76. The van der Waals surface area contributed by atoms with Crippen molar-refractivity contribution in [2.24, 2.45) is 0 Å². The molecule has 96 valence electrons. The van der Waals surface area contributed by atoms with Crippen LogP contribution < -0.4 is 5.32 Å². The Bertz CT molecular complexity index is 550. The smallest absolute Gasteiger partial charge is 0.294 e. The van der Waals surface area contributed by atoms with E-state index in [-0.39, 0.29) is 5.41 Å². The Labute approximate surface area is 108 Å². The summed E-state index contributed by atoms with van der Waals surface area (Å²) in [7, 11) is 1.80. The molecule has 0 saturated carbocycles. The number of benzene rings is 1. The van der Waals surface area contributed by atoms with Crippen LogP contribution in [0.5, 0.6) is 0 Å². The van der Waals surface area contributed by atoms with Crippen LogP contribution in [0.15, 0.2) is 28.8 Å². The van der Waals surface area contributed by atoms with Crippen LogP contribution in [0.25, 0.3) is 11.3 Å². The van der Waals surface area contributed by atoms with Crippen LogP contribution in [0.2, 0.25) is 0 Å². The van der Waals surface area contributed by atoms with Crippen LogP contribution in [0.1, 0.15) is 31.9 Å². The van der Waals surface area contributed by atoms with E-state index in [9.17, 15) is 0 Å². The van der Waals surface area contributed by atoms with Crippen molar-refractivity contribution in [3.63, 3.8) is 0 Å². The van der Waals surface area contributed by atoms with Crippen LogP contribution in [-0.4, -0.2) is 12.0 Å². The highest BCUT2D eigenvalue weighted by Gasteiger charge is 2.16. The van der Waals surface area contributed by atoms with Crippen molar-refractivity contribution in [2.45, 2.75) is 33.1 Å². The molecule has 2 aromatic rings. The quantitative estimate of drug-likeness (QED) is 0.868. The van der Waals surface area contributed by atoms with E-state index >= 15 is 0 Å². The Balaban J connectivity index is 2.41. The predicted octanol–water partition coefficient (Wildman–Crippen LogP) is 3.99. The van der Waals surface area contributed by atoms with E-state index in [4.69, 9.17) is 4.42 Å². The molecule has 1 heterocycles. The molecule has 1 aromatic carbocycles. The second-order valence-corrected chi connectivity index (χ2v) is 5.56. The zero-order valence-electron chi connectivity index (χ0n) is 11.7. The third-order valence-corrected chi connectivity index (χ3v) is 3.08.